The Bertz CT molecular complexity index is 304. The Morgan fingerprint density at radius 2 is 1.83 bits per heavy atom. The summed E-state index contributed by atoms with van der Waals surface area (Å²) in [7, 11) is 0. The van der Waals surface area contributed by atoms with Crippen LogP contribution in [0, 0.1) is 5.92 Å². The lowest BCUT2D eigenvalue weighted by Gasteiger charge is -2.40. The maximum absolute atomic E-state index is 4.21. The lowest BCUT2D eigenvalue weighted by molar-refractivity contribution is 0.543. The van der Waals surface area contributed by atoms with E-state index in [9.17, 15) is 0 Å². The van der Waals surface area contributed by atoms with Crippen molar-refractivity contribution >= 4 is 23.5 Å². The molecule has 0 aliphatic heterocycles. The number of rotatable bonds is 9. The average molecular weight is 285 g/mol. The average Bonchev–Trinajstić information content (AvgIpc) is 2.24. The Morgan fingerprint density at radius 1 is 1.28 bits per heavy atom. The molecule has 0 spiro atoms. The first kappa shape index (κ1) is 17.9. The molecule has 0 N–H and O–H groups in total. The Morgan fingerprint density at radius 3 is 2.11 bits per heavy atom. The van der Waals surface area contributed by atoms with Gasteiger partial charge in [0.05, 0.1) is 4.08 Å². The zero-order chi connectivity index (χ0) is 14.3. The van der Waals surface area contributed by atoms with E-state index in [-0.39, 0.29) is 4.08 Å². The van der Waals surface area contributed by atoms with Gasteiger partial charge in [-0.15, -0.1) is 36.7 Å². The Balaban J connectivity index is 5.36. The van der Waals surface area contributed by atoms with E-state index in [0.717, 1.165) is 12.8 Å². The molecule has 0 saturated heterocycles. The third kappa shape index (κ3) is 5.27. The molecule has 0 rings (SSSR count). The highest BCUT2D eigenvalue weighted by molar-refractivity contribution is 8.18. The summed E-state index contributed by atoms with van der Waals surface area (Å²) in [5, 5.41) is 0.601. The maximum atomic E-state index is 4.21. The first-order valence-electron chi connectivity index (χ1n) is 6.42. The van der Waals surface area contributed by atoms with Gasteiger partial charge >= 0.3 is 0 Å². The van der Waals surface area contributed by atoms with Gasteiger partial charge in [0, 0.05) is 11.2 Å². The standard InChI is InChI=1S/C16H28S2/c1-9-10-16(17-8,18-14(6)7)15(13(4)5)11-12(2)3/h9,14-15H,1-2,4,10-11H2,3,5-8H3. The van der Waals surface area contributed by atoms with Crippen molar-refractivity contribution < 1.29 is 0 Å². The summed E-state index contributed by atoms with van der Waals surface area (Å²) in [5.74, 6) is 0.454. The minimum atomic E-state index is 0.140. The smallest absolute Gasteiger partial charge is 0.0712 e. The van der Waals surface area contributed by atoms with Crippen LogP contribution in [-0.4, -0.2) is 15.6 Å². The molecular weight excluding hydrogens is 256 g/mol. The largest absolute Gasteiger partial charge is 0.147 e. The summed E-state index contributed by atoms with van der Waals surface area (Å²) < 4.78 is 0.140. The van der Waals surface area contributed by atoms with E-state index in [0.29, 0.717) is 11.2 Å². The van der Waals surface area contributed by atoms with Crippen molar-refractivity contribution in [2.75, 3.05) is 6.26 Å². The van der Waals surface area contributed by atoms with E-state index in [1.165, 1.54) is 11.1 Å². The topological polar surface area (TPSA) is 0 Å². The van der Waals surface area contributed by atoms with Crippen molar-refractivity contribution in [2.24, 2.45) is 5.92 Å². The second-order valence-corrected chi connectivity index (χ2v) is 8.54. The highest BCUT2D eigenvalue weighted by Crippen LogP contribution is 2.51. The number of allylic oxidation sites excluding steroid dienone is 3. The van der Waals surface area contributed by atoms with Gasteiger partial charge in [-0.05, 0) is 32.9 Å². The molecule has 0 aliphatic carbocycles. The van der Waals surface area contributed by atoms with Crippen molar-refractivity contribution in [1.82, 2.24) is 0 Å². The van der Waals surface area contributed by atoms with Gasteiger partial charge in [-0.2, -0.15) is 0 Å². The molecule has 0 aromatic heterocycles. The van der Waals surface area contributed by atoms with Crippen LogP contribution in [0.5, 0.6) is 0 Å². The third-order valence-electron chi connectivity index (χ3n) is 2.89. The number of hydrogen-bond donors (Lipinski definition) is 0. The quantitative estimate of drug-likeness (QED) is 0.380. The second-order valence-electron chi connectivity index (χ2n) is 5.24. The summed E-state index contributed by atoms with van der Waals surface area (Å²) in [4.78, 5) is 0. The predicted octanol–water partition coefficient (Wildman–Crippen LogP) is 5.92. The molecule has 2 unspecified atom stereocenters. The zero-order valence-electron chi connectivity index (χ0n) is 12.6. The van der Waals surface area contributed by atoms with E-state index >= 15 is 0 Å². The lowest BCUT2D eigenvalue weighted by Crippen LogP contribution is -2.33. The van der Waals surface area contributed by atoms with Crippen LogP contribution in [-0.2, 0) is 0 Å². The highest BCUT2D eigenvalue weighted by atomic mass is 32.2. The van der Waals surface area contributed by atoms with Crippen molar-refractivity contribution in [1.29, 1.82) is 0 Å². The Hall–Kier alpha value is -0.0800. The van der Waals surface area contributed by atoms with Crippen LogP contribution in [0.25, 0.3) is 0 Å². The molecule has 0 saturated carbocycles. The first-order valence-corrected chi connectivity index (χ1v) is 8.53. The van der Waals surface area contributed by atoms with E-state index in [1.807, 2.05) is 29.6 Å². The Kier molecular flexibility index (Phi) is 8.13. The molecule has 0 fully saturated rings. The minimum Gasteiger partial charge on any atom is -0.147 e. The molecular formula is C16H28S2. The van der Waals surface area contributed by atoms with Crippen molar-refractivity contribution in [3.8, 4) is 0 Å². The van der Waals surface area contributed by atoms with Gasteiger partial charge in [-0.25, -0.2) is 0 Å². The third-order valence-corrected chi connectivity index (χ3v) is 6.14. The number of hydrogen-bond acceptors (Lipinski definition) is 2. The van der Waals surface area contributed by atoms with E-state index in [1.54, 1.807) is 0 Å². The fourth-order valence-electron chi connectivity index (χ4n) is 2.20. The molecule has 0 amide bonds. The van der Waals surface area contributed by atoms with Gasteiger partial charge < -0.3 is 0 Å². The summed E-state index contributed by atoms with van der Waals surface area (Å²) in [6.45, 7) is 21.0. The van der Waals surface area contributed by atoms with E-state index in [4.69, 9.17) is 0 Å². The van der Waals surface area contributed by atoms with Crippen LogP contribution in [0.4, 0.5) is 0 Å². The molecule has 2 heteroatoms. The van der Waals surface area contributed by atoms with Crippen LogP contribution in [0.1, 0.15) is 40.5 Å². The molecule has 0 aliphatic rings. The van der Waals surface area contributed by atoms with Crippen molar-refractivity contribution in [2.45, 2.75) is 49.9 Å². The van der Waals surface area contributed by atoms with Crippen molar-refractivity contribution in [3.05, 3.63) is 37.0 Å². The van der Waals surface area contributed by atoms with Gasteiger partial charge in [-0.1, -0.05) is 37.6 Å². The van der Waals surface area contributed by atoms with Crippen LogP contribution in [0.3, 0.4) is 0 Å². The lowest BCUT2D eigenvalue weighted by atomic mass is 9.89. The molecule has 104 valence electrons. The van der Waals surface area contributed by atoms with Gasteiger partial charge in [0.25, 0.3) is 0 Å². The summed E-state index contributed by atoms with van der Waals surface area (Å²) >= 11 is 3.98. The second kappa shape index (κ2) is 8.16. The zero-order valence-corrected chi connectivity index (χ0v) is 14.2. The van der Waals surface area contributed by atoms with Gasteiger partial charge in [0.15, 0.2) is 0 Å². The van der Waals surface area contributed by atoms with Crippen LogP contribution < -0.4 is 0 Å². The van der Waals surface area contributed by atoms with Crippen LogP contribution >= 0.6 is 23.5 Å². The van der Waals surface area contributed by atoms with E-state index < -0.39 is 0 Å². The molecule has 0 nitrogen and oxygen atoms in total. The summed E-state index contributed by atoms with van der Waals surface area (Å²) in [6.07, 6.45) is 6.26. The maximum Gasteiger partial charge on any atom is 0.0712 e. The predicted molar refractivity (Wildman–Crippen MR) is 91.5 cm³/mol. The van der Waals surface area contributed by atoms with Crippen molar-refractivity contribution in [3.63, 3.8) is 0 Å². The monoisotopic (exact) mass is 284 g/mol. The van der Waals surface area contributed by atoms with Gasteiger partial charge in [-0.3, -0.25) is 0 Å². The Labute approximate surface area is 122 Å². The van der Waals surface area contributed by atoms with Gasteiger partial charge in [0.2, 0.25) is 0 Å². The molecule has 0 aromatic rings. The SMILES string of the molecule is C=CCC(SC)(SC(C)C)C(CC(=C)C)C(=C)C. The summed E-state index contributed by atoms with van der Waals surface area (Å²) in [6, 6.07) is 0. The van der Waals surface area contributed by atoms with Crippen LogP contribution in [0.2, 0.25) is 0 Å². The first-order chi connectivity index (χ1) is 8.29. The fraction of sp³-hybridized carbons (Fsp3) is 0.625. The molecule has 18 heavy (non-hydrogen) atoms. The van der Waals surface area contributed by atoms with Crippen LogP contribution in [0.15, 0.2) is 37.0 Å². The molecule has 0 aromatic carbocycles. The molecule has 0 bridgehead atoms. The highest BCUT2D eigenvalue weighted by Gasteiger charge is 2.38. The molecule has 0 heterocycles. The van der Waals surface area contributed by atoms with Gasteiger partial charge in [0.1, 0.15) is 0 Å². The normalized spacial score (nSPS) is 16.1. The van der Waals surface area contributed by atoms with E-state index in [2.05, 4.69) is 53.7 Å². The molecule has 2 atom stereocenters. The molecule has 0 radical (unpaired) electrons. The summed E-state index contributed by atoms with van der Waals surface area (Å²) in [5.41, 5.74) is 2.48. The number of thioether (sulfide) groups is 2. The fourth-order valence-corrected chi connectivity index (χ4v) is 5.48. The minimum absolute atomic E-state index is 0.140.